The molecular formula is C14H16Cl5N3O6S. The Morgan fingerprint density at radius 2 is 1.48 bits per heavy atom. The quantitative estimate of drug-likeness (QED) is 0.128. The number of nitrogens with one attached hydrogen (secondary N) is 3. The van der Waals surface area contributed by atoms with E-state index in [2.05, 4.69) is 28.6 Å². The summed E-state index contributed by atoms with van der Waals surface area (Å²) in [6, 6.07) is -2.44. The highest BCUT2D eigenvalue weighted by Gasteiger charge is 2.24. The first-order chi connectivity index (χ1) is 13.4. The van der Waals surface area contributed by atoms with Gasteiger partial charge in [0.15, 0.2) is 0 Å². The summed E-state index contributed by atoms with van der Waals surface area (Å²) < 4.78 is -0.387. The number of hydrogen-bond donors (Lipinski definition) is 6. The molecule has 0 aliphatic heterocycles. The van der Waals surface area contributed by atoms with Gasteiger partial charge in [-0.1, -0.05) is 58.0 Å². The Morgan fingerprint density at radius 1 is 0.897 bits per heavy atom. The molecule has 0 heterocycles. The number of thiol groups is 1. The summed E-state index contributed by atoms with van der Waals surface area (Å²) in [5, 5.41) is 23.6. The van der Waals surface area contributed by atoms with Gasteiger partial charge in [0.2, 0.25) is 11.8 Å². The van der Waals surface area contributed by atoms with Crippen LogP contribution in [0.15, 0.2) is 19.7 Å². The SMILES string of the molecule is O=C(O)CNC(=O)[C@H](CS)NC(=O)CC[C@H](NC(Cl)=C(Cl)C(Cl)=C(Cl)Cl)C(=O)O. The van der Waals surface area contributed by atoms with E-state index in [1.807, 2.05) is 0 Å². The molecule has 2 amide bonds. The molecule has 0 bridgehead atoms. The molecule has 2 atom stereocenters. The maximum Gasteiger partial charge on any atom is 0.326 e. The lowest BCUT2D eigenvalue weighted by atomic mass is 10.1. The standard InChI is InChI=1S/C14H16Cl5N3O6S/c15-9(11(17)18)10(16)12(19)22-5(14(27)28)1-2-7(23)21-6(4-29)13(26)20-3-8(24)25/h5-6,22,29H,1-4H2,(H,20,26)(H,21,23)(H,24,25)(H,27,28)/t5-,6-/m0/s1. The first-order valence-corrected chi connectivity index (χ1v) is 10.1. The van der Waals surface area contributed by atoms with Crippen LogP contribution in [-0.2, 0) is 19.2 Å². The van der Waals surface area contributed by atoms with Gasteiger partial charge in [-0.2, -0.15) is 12.6 Å². The van der Waals surface area contributed by atoms with Crippen LogP contribution in [0.4, 0.5) is 0 Å². The predicted octanol–water partition coefficient (Wildman–Crippen LogP) is 1.96. The van der Waals surface area contributed by atoms with Gasteiger partial charge < -0.3 is 26.2 Å². The van der Waals surface area contributed by atoms with E-state index in [1.54, 1.807) is 0 Å². The minimum Gasteiger partial charge on any atom is -0.480 e. The minimum absolute atomic E-state index is 0.105. The zero-order valence-electron chi connectivity index (χ0n) is 14.3. The van der Waals surface area contributed by atoms with Crippen molar-refractivity contribution >= 4 is 94.4 Å². The largest absolute Gasteiger partial charge is 0.480 e. The van der Waals surface area contributed by atoms with Gasteiger partial charge in [0, 0.05) is 12.2 Å². The third-order valence-electron chi connectivity index (χ3n) is 3.06. The lowest BCUT2D eigenvalue weighted by molar-refractivity contribution is -0.139. The normalized spacial score (nSPS) is 13.4. The number of carboxylic acid groups (broad SMARTS) is 2. The first-order valence-electron chi connectivity index (χ1n) is 7.56. The summed E-state index contributed by atoms with van der Waals surface area (Å²) in [5.74, 6) is -4.13. The molecular weight excluding hydrogens is 516 g/mol. The second kappa shape index (κ2) is 14.1. The summed E-state index contributed by atoms with van der Waals surface area (Å²) in [5.41, 5.74) is 0. The van der Waals surface area contributed by atoms with Crippen molar-refractivity contribution in [3.05, 3.63) is 19.7 Å². The molecule has 0 unspecified atom stereocenters. The second-order valence-corrected chi connectivity index (χ2v) is 7.64. The fourth-order valence-electron chi connectivity index (χ4n) is 1.67. The second-order valence-electron chi connectivity index (χ2n) is 5.19. The van der Waals surface area contributed by atoms with Crippen LogP contribution in [0, 0.1) is 0 Å². The zero-order valence-corrected chi connectivity index (χ0v) is 19.0. The molecule has 0 radical (unpaired) electrons. The van der Waals surface area contributed by atoms with E-state index in [1.165, 1.54) is 0 Å². The van der Waals surface area contributed by atoms with Gasteiger partial charge in [0.25, 0.3) is 0 Å². The fraction of sp³-hybridized carbons (Fsp3) is 0.429. The fourth-order valence-corrected chi connectivity index (χ4v) is 2.74. The molecule has 0 aliphatic carbocycles. The van der Waals surface area contributed by atoms with Crippen molar-refractivity contribution in [3.8, 4) is 0 Å². The topological polar surface area (TPSA) is 145 Å². The molecule has 164 valence electrons. The number of allylic oxidation sites excluding steroid dienone is 2. The summed E-state index contributed by atoms with van der Waals surface area (Å²) >= 11 is 32.2. The Bertz CT molecular complexity index is 714. The van der Waals surface area contributed by atoms with Gasteiger partial charge in [-0.3, -0.25) is 14.4 Å². The van der Waals surface area contributed by atoms with E-state index in [0.29, 0.717) is 0 Å². The molecule has 0 aliphatic rings. The van der Waals surface area contributed by atoms with Crippen LogP contribution in [0.1, 0.15) is 12.8 Å². The highest BCUT2D eigenvalue weighted by molar-refractivity contribution is 7.80. The molecule has 0 aromatic heterocycles. The van der Waals surface area contributed by atoms with Crippen LogP contribution >= 0.6 is 70.6 Å². The number of hydrogen-bond acceptors (Lipinski definition) is 6. The predicted molar refractivity (Wildman–Crippen MR) is 114 cm³/mol. The maximum absolute atomic E-state index is 12.0. The molecule has 0 spiro atoms. The Labute approximate surface area is 196 Å². The van der Waals surface area contributed by atoms with Gasteiger partial charge in [0.05, 0.1) is 10.1 Å². The Morgan fingerprint density at radius 3 is 1.93 bits per heavy atom. The summed E-state index contributed by atoms with van der Waals surface area (Å²) in [6.45, 7) is -0.626. The molecule has 0 aromatic rings. The van der Waals surface area contributed by atoms with Crippen molar-refractivity contribution < 1.29 is 29.4 Å². The molecule has 0 fully saturated rings. The van der Waals surface area contributed by atoms with Crippen LogP contribution in [0.5, 0.6) is 0 Å². The monoisotopic (exact) mass is 529 g/mol. The van der Waals surface area contributed by atoms with Gasteiger partial charge in [-0.05, 0) is 6.42 Å². The van der Waals surface area contributed by atoms with E-state index >= 15 is 0 Å². The number of amides is 2. The Kier molecular flexibility index (Phi) is 13.5. The maximum atomic E-state index is 12.0. The van der Waals surface area contributed by atoms with Gasteiger partial charge in [0.1, 0.15) is 28.3 Å². The van der Waals surface area contributed by atoms with Crippen LogP contribution in [-0.4, -0.2) is 58.3 Å². The van der Waals surface area contributed by atoms with Gasteiger partial charge in [-0.25, -0.2) is 4.79 Å². The third kappa shape index (κ3) is 11.1. The Hall–Kier alpha value is -1.04. The first kappa shape index (κ1) is 28.0. The number of aliphatic carboxylic acids is 2. The van der Waals surface area contributed by atoms with Crippen molar-refractivity contribution in [2.24, 2.45) is 0 Å². The summed E-state index contributed by atoms with van der Waals surface area (Å²) in [6.07, 6.45) is -0.560. The molecule has 9 nitrogen and oxygen atoms in total. The average molecular weight is 532 g/mol. The van der Waals surface area contributed by atoms with Crippen molar-refractivity contribution in [2.45, 2.75) is 24.9 Å². The molecule has 5 N–H and O–H groups in total. The number of carbonyl (C=O) groups excluding carboxylic acids is 2. The molecule has 0 saturated carbocycles. The van der Waals surface area contributed by atoms with E-state index < -0.39 is 42.4 Å². The number of rotatable bonds is 12. The lowest BCUT2D eigenvalue weighted by Crippen LogP contribution is -2.49. The number of carboxylic acids is 2. The van der Waals surface area contributed by atoms with Crippen molar-refractivity contribution in [3.63, 3.8) is 0 Å². The number of carbonyl (C=O) groups is 4. The minimum atomic E-state index is -1.34. The van der Waals surface area contributed by atoms with Gasteiger partial charge >= 0.3 is 11.9 Å². The van der Waals surface area contributed by atoms with Gasteiger partial charge in [-0.15, -0.1) is 0 Å². The smallest absolute Gasteiger partial charge is 0.326 e. The third-order valence-corrected chi connectivity index (χ3v) is 5.24. The van der Waals surface area contributed by atoms with E-state index in [9.17, 15) is 24.3 Å². The number of halogens is 5. The summed E-state index contributed by atoms with van der Waals surface area (Å²) in [7, 11) is 0. The Balaban J connectivity index is 4.92. The average Bonchev–Trinajstić information content (AvgIpc) is 2.65. The molecule has 0 aromatic carbocycles. The molecule has 15 heteroatoms. The van der Waals surface area contributed by atoms with Crippen LogP contribution in [0.25, 0.3) is 0 Å². The lowest BCUT2D eigenvalue weighted by Gasteiger charge is -2.18. The van der Waals surface area contributed by atoms with Crippen LogP contribution < -0.4 is 16.0 Å². The molecule has 0 rings (SSSR count). The van der Waals surface area contributed by atoms with Crippen molar-refractivity contribution in [2.75, 3.05) is 12.3 Å². The molecule has 29 heavy (non-hydrogen) atoms. The van der Waals surface area contributed by atoms with Crippen LogP contribution in [0.3, 0.4) is 0 Å². The zero-order chi connectivity index (χ0) is 22.7. The van der Waals surface area contributed by atoms with E-state index in [-0.39, 0.29) is 38.3 Å². The van der Waals surface area contributed by atoms with E-state index in [0.717, 1.165) is 0 Å². The highest BCUT2D eigenvalue weighted by Crippen LogP contribution is 2.30. The highest BCUT2D eigenvalue weighted by atomic mass is 35.5. The van der Waals surface area contributed by atoms with Crippen molar-refractivity contribution in [1.29, 1.82) is 0 Å². The van der Waals surface area contributed by atoms with E-state index in [4.69, 9.17) is 63.1 Å². The summed E-state index contributed by atoms with van der Waals surface area (Å²) in [4.78, 5) is 45.6. The van der Waals surface area contributed by atoms with Crippen molar-refractivity contribution in [1.82, 2.24) is 16.0 Å². The molecule has 0 saturated heterocycles. The van der Waals surface area contributed by atoms with Crippen LogP contribution in [0.2, 0.25) is 0 Å².